The van der Waals surface area contributed by atoms with E-state index in [4.69, 9.17) is 0 Å². The topological polar surface area (TPSA) is 58.2 Å². The van der Waals surface area contributed by atoms with Crippen molar-refractivity contribution in [3.63, 3.8) is 0 Å². The summed E-state index contributed by atoms with van der Waals surface area (Å²) in [5.41, 5.74) is 0.885. The van der Waals surface area contributed by atoms with E-state index in [1.54, 1.807) is 49.2 Å². The van der Waals surface area contributed by atoms with Crippen LogP contribution in [0.15, 0.2) is 41.8 Å². The molecule has 0 spiro atoms. The van der Waals surface area contributed by atoms with E-state index in [-0.39, 0.29) is 4.90 Å². The number of sulfonamides is 1. The van der Waals surface area contributed by atoms with Crippen molar-refractivity contribution in [3.05, 3.63) is 36.9 Å². The maximum Gasteiger partial charge on any atom is 0.240 e. The van der Waals surface area contributed by atoms with Crippen LogP contribution in [0, 0.1) is 0 Å². The van der Waals surface area contributed by atoms with E-state index in [9.17, 15) is 8.42 Å². The van der Waals surface area contributed by atoms with Gasteiger partial charge in [-0.15, -0.1) is 6.58 Å². The smallest absolute Gasteiger partial charge is 0.240 e. The Morgan fingerprint density at radius 2 is 2.00 bits per heavy atom. The van der Waals surface area contributed by atoms with Crippen LogP contribution in [0.5, 0.6) is 0 Å². The minimum Gasteiger partial charge on any atom is -0.388 e. The summed E-state index contributed by atoms with van der Waals surface area (Å²) in [6, 6.07) is 6.65. The molecular formula is C12H18N2O2S2. The zero-order valence-electron chi connectivity index (χ0n) is 10.3. The first-order valence-corrected chi connectivity index (χ1v) is 8.20. The Labute approximate surface area is 113 Å². The van der Waals surface area contributed by atoms with Gasteiger partial charge < -0.3 is 5.32 Å². The van der Waals surface area contributed by atoms with E-state index in [0.717, 1.165) is 17.2 Å². The van der Waals surface area contributed by atoms with Crippen LogP contribution in [0.1, 0.15) is 0 Å². The summed E-state index contributed by atoms with van der Waals surface area (Å²) in [4.78, 5) is 0.287. The number of nitrogens with one attached hydrogen (secondary N) is 2. The quantitative estimate of drug-likeness (QED) is 0.566. The fourth-order valence-electron chi connectivity index (χ4n) is 1.30. The van der Waals surface area contributed by atoms with Crippen LogP contribution in [0.3, 0.4) is 0 Å². The van der Waals surface area contributed by atoms with Crippen LogP contribution in [0.4, 0.5) is 5.69 Å². The molecule has 0 aliphatic heterocycles. The largest absolute Gasteiger partial charge is 0.388 e. The van der Waals surface area contributed by atoms with Gasteiger partial charge in [0.25, 0.3) is 0 Å². The molecule has 4 nitrogen and oxygen atoms in total. The molecular weight excluding hydrogens is 268 g/mol. The SMILES string of the molecule is C=CCSCCNS(=O)(=O)c1ccc(NC)cc1. The van der Waals surface area contributed by atoms with Gasteiger partial charge in [0.2, 0.25) is 10.0 Å². The lowest BCUT2D eigenvalue weighted by molar-refractivity contribution is 0.584. The maximum absolute atomic E-state index is 11.9. The number of anilines is 1. The molecule has 0 radical (unpaired) electrons. The van der Waals surface area contributed by atoms with E-state index < -0.39 is 10.0 Å². The van der Waals surface area contributed by atoms with Gasteiger partial charge in [-0.2, -0.15) is 11.8 Å². The molecule has 0 aliphatic carbocycles. The lowest BCUT2D eigenvalue weighted by Gasteiger charge is -2.07. The molecule has 0 amide bonds. The second-order valence-electron chi connectivity index (χ2n) is 3.54. The second kappa shape index (κ2) is 7.45. The Morgan fingerprint density at radius 3 is 2.56 bits per heavy atom. The molecule has 1 rings (SSSR count). The first kappa shape index (κ1) is 15.1. The van der Waals surface area contributed by atoms with Crippen LogP contribution in [-0.4, -0.2) is 33.5 Å². The Hall–Kier alpha value is -0.980. The van der Waals surface area contributed by atoms with Gasteiger partial charge in [0.15, 0.2) is 0 Å². The number of benzene rings is 1. The summed E-state index contributed by atoms with van der Waals surface area (Å²) in [5.74, 6) is 1.57. The van der Waals surface area contributed by atoms with Gasteiger partial charge in [0.05, 0.1) is 4.90 Å². The highest BCUT2D eigenvalue weighted by atomic mass is 32.2. The van der Waals surface area contributed by atoms with Gasteiger partial charge in [-0.3, -0.25) is 0 Å². The van der Waals surface area contributed by atoms with Gasteiger partial charge in [-0.1, -0.05) is 6.08 Å². The van der Waals surface area contributed by atoms with Crippen LogP contribution in [-0.2, 0) is 10.0 Å². The normalized spacial score (nSPS) is 11.2. The molecule has 1 aromatic carbocycles. The Morgan fingerprint density at radius 1 is 1.33 bits per heavy atom. The van der Waals surface area contributed by atoms with Crippen LogP contribution < -0.4 is 10.0 Å². The first-order valence-electron chi connectivity index (χ1n) is 5.56. The summed E-state index contributed by atoms with van der Waals surface area (Å²) in [5, 5.41) is 2.94. The number of rotatable bonds is 8. The Balaban J connectivity index is 2.54. The van der Waals surface area contributed by atoms with E-state index in [0.29, 0.717) is 6.54 Å². The zero-order chi connectivity index (χ0) is 13.4. The third-order valence-corrected chi connectivity index (χ3v) is 4.67. The van der Waals surface area contributed by atoms with E-state index in [2.05, 4.69) is 16.6 Å². The number of hydrogen-bond donors (Lipinski definition) is 2. The molecule has 0 unspecified atom stereocenters. The molecule has 0 bridgehead atoms. The van der Waals surface area contributed by atoms with Crippen molar-refractivity contribution in [2.75, 3.05) is 30.4 Å². The fraction of sp³-hybridized carbons (Fsp3) is 0.333. The van der Waals surface area contributed by atoms with Crippen molar-refractivity contribution in [1.82, 2.24) is 4.72 Å². The lowest BCUT2D eigenvalue weighted by Crippen LogP contribution is -2.26. The Bertz CT molecular complexity index is 469. The molecule has 0 saturated heterocycles. The predicted molar refractivity (Wildman–Crippen MR) is 78.7 cm³/mol. The minimum absolute atomic E-state index is 0.287. The predicted octanol–water partition coefficient (Wildman–Crippen LogP) is 1.93. The second-order valence-corrected chi connectivity index (χ2v) is 6.45. The first-order chi connectivity index (χ1) is 8.60. The highest BCUT2D eigenvalue weighted by Crippen LogP contribution is 2.13. The molecule has 6 heteroatoms. The molecule has 0 saturated carbocycles. The van der Waals surface area contributed by atoms with Gasteiger partial charge in [-0.05, 0) is 24.3 Å². The number of thioether (sulfide) groups is 1. The maximum atomic E-state index is 11.9. The summed E-state index contributed by atoms with van der Waals surface area (Å²) in [7, 11) is -1.60. The van der Waals surface area contributed by atoms with Crippen molar-refractivity contribution in [3.8, 4) is 0 Å². The van der Waals surface area contributed by atoms with E-state index in [1.165, 1.54) is 0 Å². The van der Waals surface area contributed by atoms with Gasteiger partial charge >= 0.3 is 0 Å². The summed E-state index contributed by atoms with van der Waals surface area (Å²) >= 11 is 1.64. The molecule has 2 N–H and O–H groups in total. The summed E-state index contributed by atoms with van der Waals surface area (Å²) < 4.78 is 26.4. The van der Waals surface area contributed by atoms with Crippen molar-refractivity contribution >= 4 is 27.5 Å². The molecule has 0 aliphatic rings. The summed E-state index contributed by atoms with van der Waals surface area (Å²) in [6.45, 7) is 4.03. The van der Waals surface area contributed by atoms with E-state index in [1.807, 2.05) is 0 Å². The average Bonchev–Trinajstić information content (AvgIpc) is 2.38. The van der Waals surface area contributed by atoms with Crippen LogP contribution >= 0.6 is 11.8 Å². The van der Waals surface area contributed by atoms with Gasteiger partial charge in [0, 0.05) is 30.8 Å². The lowest BCUT2D eigenvalue weighted by atomic mass is 10.3. The third kappa shape index (κ3) is 4.72. The molecule has 1 aromatic rings. The Kier molecular flexibility index (Phi) is 6.24. The van der Waals surface area contributed by atoms with Crippen LogP contribution in [0.25, 0.3) is 0 Å². The molecule has 0 aromatic heterocycles. The van der Waals surface area contributed by atoms with E-state index >= 15 is 0 Å². The van der Waals surface area contributed by atoms with Gasteiger partial charge in [0.1, 0.15) is 0 Å². The molecule has 100 valence electrons. The highest BCUT2D eigenvalue weighted by molar-refractivity contribution is 7.99. The van der Waals surface area contributed by atoms with Gasteiger partial charge in [-0.25, -0.2) is 13.1 Å². The van der Waals surface area contributed by atoms with Crippen molar-refractivity contribution in [2.24, 2.45) is 0 Å². The summed E-state index contributed by atoms with van der Waals surface area (Å²) in [6.07, 6.45) is 1.80. The van der Waals surface area contributed by atoms with Crippen molar-refractivity contribution in [2.45, 2.75) is 4.90 Å². The average molecular weight is 286 g/mol. The van der Waals surface area contributed by atoms with Crippen molar-refractivity contribution in [1.29, 1.82) is 0 Å². The van der Waals surface area contributed by atoms with Crippen molar-refractivity contribution < 1.29 is 8.42 Å². The fourth-order valence-corrected chi connectivity index (χ4v) is 3.04. The minimum atomic E-state index is -3.39. The molecule has 0 heterocycles. The molecule has 0 fully saturated rings. The number of hydrogen-bond acceptors (Lipinski definition) is 4. The zero-order valence-corrected chi connectivity index (χ0v) is 12.0. The third-order valence-electron chi connectivity index (χ3n) is 2.23. The standard InChI is InChI=1S/C12H18N2O2S2/c1-3-9-17-10-8-14-18(15,16)12-6-4-11(13-2)5-7-12/h3-7,13-14H,1,8-10H2,2H3. The molecule has 0 atom stereocenters. The highest BCUT2D eigenvalue weighted by Gasteiger charge is 2.12. The monoisotopic (exact) mass is 286 g/mol. The molecule has 18 heavy (non-hydrogen) atoms. The van der Waals surface area contributed by atoms with Crippen LogP contribution in [0.2, 0.25) is 0 Å².